The van der Waals surface area contributed by atoms with Crippen LogP contribution in [0.4, 0.5) is 0 Å². The van der Waals surface area contributed by atoms with Crippen LogP contribution in [0.25, 0.3) is 0 Å². The minimum atomic E-state index is -1.91. The SMILES string of the molecule is C=CCOc1cc(C(C)(C)CCCCCCBr)cc2c1[C@@H]1CC(OC)(OC)CC[C@H]1[C@](C)(C#CCO[Si](C)(C)C(C)(C)C)O2. The third kappa shape index (κ3) is 8.53. The predicted molar refractivity (Wildman–Crippen MR) is 189 cm³/mol. The first kappa shape index (κ1) is 37.2. The fourth-order valence-electron chi connectivity index (χ4n) is 6.51. The summed E-state index contributed by atoms with van der Waals surface area (Å²) in [5, 5.41) is 1.21. The van der Waals surface area contributed by atoms with Crippen LogP contribution >= 0.6 is 15.9 Å². The number of fused-ring (bicyclic) bond motifs is 3. The normalized spacial score (nSPS) is 23.1. The van der Waals surface area contributed by atoms with E-state index in [1.54, 1.807) is 14.2 Å². The molecule has 248 valence electrons. The summed E-state index contributed by atoms with van der Waals surface area (Å²) < 4.78 is 31.9. The van der Waals surface area contributed by atoms with Crippen molar-refractivity contribution >= 4 is 24.2 Å². The van der Waals surface area contributed by atoms with Crippen LogP contribution in [0.3, 0.4) is 0 Å². The zero-order chi connectivity index (χ0) is 32.8. The monoisotopic (exact) mass is 690 g/mol. The number of ether oxygens (including phenoxy) is 4. The van der Waals surface area contributed by atoms with Gasteiger partial charge >= 0.3 is 0 Å². The van der Waals surface area contributed by atoms with E-state index in [9.17, 15) is 0 Å². The highest BCUT2D eigenvalue weighted by Gasteiger charge is 2.54. The maximum absolute atomic E-state index is 7.03. The first-order valence-corrected chi connectivity index (χ1v) is 20.5. The Morgan fingerprint density at radius 1 is 1.09 bits per heavy atom. The number of methoxy groups -OCH3 is 2. The molecule has 0 N–H and O–H groups in total. The van der Waals surface area contributed by atoms with E-state index in [1.165, 1.54) is 31.2 Å². The van der Waals surface area contributed by atoms with E-state index >= 15 is 0 Å². The smallest absolute Gasteiger partial charge is 0.193 e. The van der Waals surface area contributed by atoms with Crippen LogP contribution < -0.4 is 9.47 Å². The Morgan fingerprint density at radius 2 is 1.77 bits per heavy atom. The van der Waals surface area contributed by atoms with Gasteiger partial charge in [0.25, 0.3) is 0 Å². The van der Waals surface area contributed by atoms with Crippen molar-refractivity contribution in [1.82, 2.24) is 0 Å². The highest BCUT2D eigenvalue weighted by molar-refractivity contribution is 9.09. The molecule has 7 heteroatoms. The number of hydrogen-bond acceptors (Lipinski definition) is 5. The van der Waals surface area contributed by atoms with Crippen LogP contribution in [-0.4, -0.2) is 52.5 Å². The highest BCUT2D eigenvalue weighted by atomic mass is 79.9. The van der Waals surface area contributed by atoms with Crippen LogP contribution in [0, 0.1) is 17.8 Å². The molecule has 1 aromatic carbocycles. The Labute approximate surface area is 278 Å². The zero-order valence-electron chi connectivity index (χ0n) is 29.3. The Hall–Kier alpha value is -1.30. The number of rotatable bonds is 14. The molecule has 0 saturated heterocycles. The van der Waals surface area contributed by atoms with Crippen molar-refractivity contribution < 1.29 is 23.4 Å². The topological polar surface area (TPSA) is 46.2 Å². The predicted octanol–water partition coefficient (Wildman–Crippen LogP) is 9.92. The molecule has 3 atom stereocenters. The first-order valence-electron chi connectivity index (χ1n) is 16.5. The first-order chi connectivity index (χ1) is 20.6. The molecule has 5 nitrogen and oxygen atoms in total. The van der Waals surface area contributed by atoms with Crippen LogP contribution in [0.1, 0.15) is 110 Å². The minimum Gasteiger partial charge on any atom is -0.489 e. The second-order valence-corrected chi connectivity index (χ2v) is 20.7. The number of benzene rings is 1. The Bertz CT molecular complexity index is 1170. The molecule has 0 radical (unpaired) electrons. The Balaban J connectivity index is 2.06. The Kier molecular flexibility index (Phi) is 12.7. The van der Waals surface area contributed by atoms with Crippen molar-refractivity contribution in [2.24, 2.45) is 5.92 Å². The van der Waals surface area contributed by atoms with Crippen molar-refractivity contribution in [2.75, 3.05) is 32.8 Å². The maximum Gasteiger partial charge on any atom is 0.193 e. The van der Waals surface area contributed by atoms with Crippen LogP contribution in [-0.2, 0) is 19.3 Å². The van der Waals surface area contributed by atoms with E-state index in [-0.39, 0.29) is 22.3 Å². The summed E-state index contributed by atoms with van der Waals surface area (Å²) in [7, 11) is 1.59. The molecule has 44 heavy (non-hydrogen) atoms. The molecular weight excluding hydrogens is 632 g/mol. The van der Waals surface area contributed by atoms with Crippen LogP contribution in [0.2, 0.25) is 18.1 Å². The van der Waals surface area contributed by atoms with Gasteiger partial charge in [-0.1, -0.05) is 94.3 Å². The lowest BCUT2D eigenvalue weighted by atomic mass is 9.64. The van der Waals surface area contributed by atoms with E-state index in [0.29, 0.717) is 19.6 Å². The van der Waals surface area contributed by atoms with Crippen molar-refractivity contribution in [2.45, 2.75) is 134 Å². The molecule has 1 saturated carbocycles. The fourth-order valence-corrected chi connectivity index (χ4v) is 7.77. The molecule has 3 rings (SSSR count). The molecule has 1 aliphatic heterocycles. The van der Waals surface area contributed by atoms with E-state index < -0.39 is 19.7 Å². The molecule has 0 spiro atoms. The number of hydrogen-bond donors (Lipinski definition) is 0. The van der Waals surface area contributed by atoms with Gasteiger partial charge < -0.3 is 23.4 Å². The van der Waals surface area contributed by atoms with Gasteiger partial charge in [-0.05, 0) is 67.4 Å². The second kappa shape index (κ2) is 15.1. The molecule has 0 bridgehead atoms. The van der Waals surface area contributed by atoms with Crippen LogP contribution in [0.5, 0.6) is 11.5 Å². The van der Waals surface area contributed by atoms with E-state index in [2.05, 4.69) is 101 Å². The van der Waals surface area contributed by atoms with Crippen molar-refractivity contribution in [3.05, 3.63) is 35.9 Å². The lowest BCUT2D eigenvalue weighted by molar-refractivity contribution is -0.237. The number of halogens is 1. The average molecular weight is 692 g/mol. The average Bonchev–Trinajstić information content (AvgIpc) is 2.97. The van der Waals surface area contributed by atoms with Gasteiger partial charge in [0.15, 0.2) is 19.7 Å². The van der Waals surface area contributed by atoms with Crippen molar-refractivity contribution in [1.29, 1.82) is 0 Å². The molecule has 0 aromatic heterocycles. The lowest BCUT2D eigenvalue weighted by Gasteiger charge is -2.51. The van der Waals surface area contributed by atoms with Crippen LogP contribution in [0.15, 0.2) is 24.8 Å². The Morgan fingerprint density at radius 3 is 2.39 bits per heavy atom. The molecule has 0 amide bonds. The molecule has 1 aliphatic carbocycles. The fraction of sp³-hybridized carbons (Fsp3) is 0.730. The summed E-state index contributed by atoms with van der Waals surface area (Å²) in [6.07, 6.45) is 10.2. The molecule has 1 heterocycles. The van der Waals surface area contributed by atoms with E-state index in [0.717, 1.165) is 41.7 Å². The van der Waals surface area contributed by atoms with E-state index in [1.807, 2.05) is 6.08 Å². The largest absolute Gasteiger partial charge is 0.489 e. The summed E-state index contributed by atoms with van der Waals surface area (Å²) in [6, 6.07) is 4.51. The summed E-state index contributed by atoms with van der Waals surface area (Å²) >= 11 is 3.56. The number of alkyl halides is 1. The van der Waals surface area contributed by atoms with Gasteiger partial charge in [-0.2, -0.15) is 0 Å². The standard InChI is InChI=1S/C37H59BrO5Si/c1-12-23-41-31-25-28(35(5,6)19-15-13-14-16-22-38)26-32-33(31)29-27-37(39-8,40-9)21-18-30(29)36(7,43-32)20-17-24-42-44(10,11)34(2,3)4/h12,25-26,29-30H,1,13-16,18-19,21-24,27H2,2-11H3/t29-,30-,36+/m1/s1. The minimum absolute atomic E-state index is 0.0373. The van der Waals surface area contributed by atoms with Gasteiger partial charge in [-0.15, -0.1) is 0 Å². The maximum atomic E-state index is 7.03. The number of unbranched alkanes of at least 4 members (excludes halogenated alkanes) is 3. The summed E-state index contributed by atoms with van der Waals surface area (Å²) in [5.41, 5.74) is 1.61. The highest BCUT2D eigenvalue weighted by Crippen LogP contribution is 2.57. The van der Waals surface area contributed by atoms with Gasteiger partial charge in [0.05, 0.1) is 6.61 Å². The van der Waals surface area contributed by atoms with Gasteiger partial charge in [-0.3, -0.25) is 0 Å². The second-order valence-electron chi connectivity index (χ2n) is 15.1. The van der Waals surface area contributed by atoms with Crippen molar-refractivity contribution in [3.8, 4) is 23.3 Å². The molecular formula is C37H59BrO5Si. The molecule has 0 unspecified atom stereocenters. The van der Waals surface area contributed by atoms with Gasteiger partial charge in [0, 0.05) is 49.8 Å². The third-order valence-electron chi connectivity index (χ3n) is 10.6. The van der Waals surface area contributed by atoms with Gasteiger partial charge in [0.2, 0.25) is 0 Å². The quantitative estimate of drug-likeness (QED) is 0.0486. The molecule has 1 fully saturated rings. The van der Waals surface area contributed by atoms with Gasteiger partial charge in [-0.25, -0.2) is 0 Å². The third-order valence-corrected chi connectivity index (χ3v) is 15.6. The van der Waals surface area contributed by atoms with Gasteiger partial charge in [0.1, 0.15) is 18.1 Å². The van der Waals surface area contributed by atoms with E-state index in [4.69, 9.17) is 23.4 Å². The molecule has 1 aromatic rings. The van der Waals surface area contributed by atoms with Crippen molar-refractivity contribution in [3.63, 3.8) is 0 Å². The summed E-state index contributed by atoms with van der Waals surface area (Å²) in [5.74, 6) is 8.30. The molecule has 2 aliphatic rings. The zero-order valence-corrected chi connectivity index (χ0v) is 31.9. The summed E-state index contributed by atoms with van der Waals surface area (Å²) in [6.45, 7) is 22.9. The summed E-state index contributed by atoms with van der Waals surface area (Å²) in [4.78, 5) is 0. The lowest BCUT2D eigenvalue weighted by Crippen LogP contribution is -2.52.